The first-order valence-electron chi connectivity index (χ1n) is 14.8. The molecular formula is C31H32F3N7O4S. The smallest absolute Gasteiger partial charge is 0.390 e. The Morgan fingerprint density at radius 3 is 2.33 bits per heavy atom. The van der Waals surface area contributed by atoms with Gasteiger partial charge < -0.3 is 20.3 Å². The molecule has 0 bridgehead atoms. The number of aryl methyl sites for hydroxylation is 2. The van der Waals surface area contributed by atoms with E-state index in [0.29, 0.717) is 22.7 Å². The zero-order valence-electron chi connectivity index (χ0n) is 25.0. The summed E-state index contributed by atoms with van der Waals surface area (Å²) in [6.07, 6.45) is 0.789. The first kappa shape index (κ1) is 31.6. The van der Waals surface area contributed by atoms with Crippen molar-refractivity contribution in [3.63, 3.8) is 0 Å². The van der Waals surface area contributed by atoms with Gasteiger partial charge in [0.25, 0.3) is 10.0 Å². The van der Waals surface area contributed by atoms with Crippen molar-refractivity contribution >= 4 is 27.0 Å². The fourth-order valence-electron chi connectivity index (χ4n) is 5.53. The number of hydrogen-bond donors (Lipinski definition) is 3. The number of aromatic nitrogens is 5. The molecule has 7 rings (SSSR count). The molecule has 46 heavy (non-hydrogen) atoms. The predicted molar refractivity (Wildman–Crippen MR) is 165 cm³/mol. The van der Waals surface area contributed by atoms with Gasteiger partial charge in [0.1, 0.15) is 11.3 Å². The minimum Gasteiger partial charge on any atom is -0.390 e. The van der Waals surface area contributed by atoms with E-state index < -0.39 is 27.5 Å². The lowest BCUT2D eigenvalue weighted by Crippen LogP contribution is -2.46. The molecule has 11 nitrogen and oxygen atoms in total. The van der Waals surface area contributed by atoms with Crippen molar-refractivity contribution in [1.29, 1.82) is 0 Å². The minimum absolute atomic E-state index is 0.0403. The van der Waals surface area contributed by atoms with E-state index in [1.807, 2.05) is 0 Å². The van der Waals surface area contributed by atoms with Crippen LogP contribution in [0.5, 0.6) is 0 Å². The monoisotopic (exact) mass is 655 g/mol. The van der Waals surface area contributed by atoms with E-state index in [1.165, 1.54) is 12.1 Å². The van der Waals surface area contributed by atoms with Gasteiger partial charge in [0.05, 0.1) is 33.6 Å². The van der Waals surface area contributed by atoms with Crippen LogP contribution in [-0.4, -0.2) is 62.8 Å². The molecule has 3 N–H and O–H groups in total. The van der Waals surface area contributed by atoms with Gasteiger partial charge in [0.15, 0.2) is 5.65 Å². The van der Waals surface area contributed by atoms with Crippen molar-refractivity contribution in [2.24, 2.45) is 0 Å². The highest BCUT2D eigenvalue weighted by Crippen LogP contribution is 2.41. The van der Waals surface area contributed by atoms with Crippen LogP contribution in [0, 0.1) is 13.8 Å². The number of nitrogens with zero attached hydrogens (tertiary/aromatic N) is 5. The first-order valence-corrected chi connectivity index (χ1v) is 16.2. The van der Waals surface area contributed by atoms with Crippen molar-refractivity contribution in [2.75, 3.05) is 18.4 Å². The predicted octanol–water partition coefficient (Wildman–Crippen LogP) is 5.33. The molecule has 2 fully saturated rings. The van der Waals surface area contributed by atoms with Crippen LogP contribution in [0.15, 0.2) is 64.3 Å². The van der Waals surface area contributed by atoms with Gasteiger partial charge in [-0.25, -0.2) is 27.3 Å². The summed E-state index contributed by atoms with van der Waals surface area (Å²) in [5, 5.41) is 18.6. The highest BCUT2D eigenvalue weighted by molar-refractivity contribution is 7.90. The molecule has 242 valence electrons. The van der Waals surface area contributed by atoms with Gasteiger partial charge in [-0.2, -0.15) is 13.2 Å². The standard InChI is InChI=1S/C28H25F3N6O3S.C3H7NO/c1-16-24(17(2)40-36-16)23-13-12-20-21(15-37(26(20)34-23)41(38,39)19-10-4-3-5-11-19)25-22(28(29,30)31)14-32-27(35-25)33-18-8-6-7-9-18;5-3-1-4-2-3/h3-5,10-15,18H,6-9H2,1-2H3,(H,32,33,35);3-5H,1-2H2. The molecule has 0 atom stereocenters. The van der Waals surface area contributed by atoms with E-state index in [4.69, 9.17) is 9.63 Å². The van der Waals surface area contributed by atoms with Gasteiger partial charge in [-0.3, -0.25) is 0 Å². The maximum absolute atomic E-state index is 14.3. The molecule has 1 aliphatic heterocycles. The summed E-state index contributed by atoms with van der Waals surface area (Å²) in [6, 6.07) is 10.8. The largest absolute Gasteiger partial charge is 0.419 e. The van der Waals surface area contributed by atoms with Crippen LogP contribution in [0.1, 0.15) is 42.7 Å². The number of aliphatic hydroxyl groups is 1. The Bertz CT molecular complexity index is 1950. The van der Waals surface area contributed by atoms with E-state index in [9.17, 15) is 21.6 Å². The van der Waals surface area contributed by atoms with E-state index in [1.54, 1.807) is 44.2 Å². The van der Waals surface area contributed by atoms with Crippen LogP contribution >= 0.6 is 0 Å². The molecule has 0 amide bonds. The quantitative estimate of drug-likeness (QED) is 0.219. The Kier molecular flexibility index (Phi) is 8.56. The minimum atomic E-state index is -4.79. The normalized spacial score (nSPS) is 15.9. The third kappa shape index (κ3) is 6.22. The fraction of sp³-hybridized carbons (Fsp3) is 0.355. The summed E-state index contributed by atoms with van der Waals surface area (Å²) < 4.78 is 76.6. The molecular weight excluding hydrogens is 623 g/mol. The Hall–Kier alpha value is -4.34. The van der Waals surface area contributed by atoms with Crippen molar-refractivity contribution < 1.29 is 31.2 Å². The second-order valence-electron chi connectivity index (χ2n) is 11.3. The summed E-state index contributed by atoms with van der Waals surface area (Å²) in [6.45, 7) is 5.00. The molecule has 15 heteroatoms. The maximum atomic E-state index is 14.3. The number of rotatable bonds is 6. The van der Waals surface area contributed by atoms with Crippen LogP contribution in [0.3, 0.4) is 0 Å². The average molecular weight is 656 g/mol. The number of fused-ring (bicyclic) bond motifs is 1. The second kappa shape index (κ2) is 12.5. The van der Waals surface area contributed by atoms with E-state index in [-0.39, 0.29) is 39.6 Å². The molecule has 5 heterocycles. The van der Waals surface area contributed by atoms with Crippen LogP contribution in [0.4, 0.5) is 19.1 Å². The molecule has 2 aliphatic rings. The van der Waals surface area contributed by atoms with Crippen LogP contribution in [-0.2, 0) is 16.2 Å². The Morgan fingerprint density at radius 1 is 1.04 bits per heavy atom. The lowest BCUT2D eigenvalue weighted by Gasteiger charge is -2.20. The summed E-state index contributed by atoms with van der Waals surface area (Å²) in [5.41, 5.74) is -0.145. The topological polar surface area (TPSA) is 148 Å². The number of β-amino-alcohol motifs (C(OH)–C–C–N with tert-alkyl or cyclic N) is 1. The number of nitrogens with one attached hydrogen (secondary N) is 2. The number of alkyl halides is 3. The number of pyridine rings is 1. The van der Waals surface area contributed by atoms with E-state index in [2.05, 4.69) is 30.7 Å². The van der Waals surface area contributed by atoms with Crippen molar-refractivity contribution in [3.8, 4) is 22.5 Å². The molecule has 4 aromatic heterocycles. The fourth-order valence-corrected chi connectivity index (χ4v) is 6.87. The Morgan fingerprint density at radius 2 is 1.74 bits per heavy atom. The first-order chi connectivity index (χ1) is 21.9. The third-order valence-corrected chi connectivity index (χ3v) is 9.67. The summed E-state index contributed by atoms with van der Waals surface area (Å²) >= 11 is 0. The SMILES string of the molecule is Cc1noc(C)c1-c1ccc2c(-c3nc(NC4CCCC4)ncc3C(F)(F)F)cn(S(=O)(=O)c3ccccc3)c2n1.OC1CNC1. The van der Waals surface area contributed by atoms with Crippen molar-refractivity contribution in [1.82, 2.24) is 29.4 Å². The van der Waals surface area contributed by atoms with Gasteiger partial charge in [-0.05, 0) is 51.0 Å². The summed E-state index contributed by atoms with van der Waals surface area (Å²) in [5.74, 6) is 0.517. The van der Waals surface area contributed by atoms with E-state index in [0.717, 1.165) is 55.1 Å². The second-order valence-corrected chi connectivity index (χ2v) is 13.1. The molecule has 0 radical (unpaired) electrons. The highest BCUT2D eigenvalue weighted by Gasteiger charge is 2.37. The number of aliphatic hydroxyl groups excluding tert-OH is 1. The number of anilines is 1. The molecule has 1 saturated carbocycles. The Labute approximate surface area is 262 Å². The molecule has 0 unspecified atom stereocenters. The highest BCUT2D eigenvalue weighted by atomic mass is 32.2. The van der Waals surface area contributed by atoms with Gasteiger partial charge in [-0.1, -0.05) is 36.2 Å². The summed E-state index contributed by atoms with van der Waals surface area (Å²) in [7, 11) is -4.26. The van der Waals surface area contributed by atoms with Crippen molar-refractivity contribution in [3.05, 3.63) is 71.9 Å². The van der Waals surface area contributed by atoms with Crippen LogP contribution < -0.4 is 10.6 Å². The zero-order valence-corrected chi connectivity index (χ0v) is 25.9. The summed E-state index contributed by atoms with van der Waals surface area (Å²) in [4.78, 5) is 12.8. The molecule has 1 aromatic carbocycles. The lowest BCUT2D eigenvalue weighted by atomic mass is 10.1. The molecule has 5 aromatic rings. The maximum Gasteiger partial charge on any atom is 0.419 e. The molecule has 0 spiro atoms. The third-order valence-electron chi connectivity index (χ3n) is 8.01. The Balaban J connectivity index is 0.000000679. The molecule has 1 saturated heterocycles. The number of benzene rings is 1. The number of halogens is 3. The van der Waals surface area contributed by atoms with Gasteiger partial charge in [-0.15, -0.1) is 0 Å². The lowest BCUT2D eigenvalue weighted by molar-refractivity contribution is -0.137. The van der Waals surface area contributed by atoms with Gasteiger partial charge in [0, 0.05) is 42.5 Å². The van der Waals surface area contributed by atoms with Gasteiger partial charge >= 0.3 is 6.18 Å². The molecule has 1 aliphatic carbocycles. The van der Waals surface area contributed by atoms with Crippen molar-refractivity contribution in [2.45, 2.75) is 62.7 Å². The van der Waals surface area contributed by atoms with E-state index >= 15 is 0 Å². The van der Waals surface area contributed by atoms with Crippen LogP contribution in [0.2, 0.25) is 0 Å². The number of hydrogen-bond acceptors (Lipinski definition) is 10. The zero-order chi connectivity index (χ0) is 32.6. The van der Waals surface area contributed by atoms with Crippen LogP contribution in [0.25, 0.3) is 33.5 Å². The average Bonchev–Trinajstić information content (AvgIpc) is 3.75. The van der Waals surface area contributed by atoms with Gasteiger partial charge in [0.2, 0.25) is 5.95 Å².